The molecule has 2 saturated carbocycles. The second kappa shape index (κ2) is 9.14. The predicted molar refractivity (Wildman–Crippen MR) is 124 cm³/mol. The molecule has 0 aromatic carbocycles. The van der Waals surface area contributed by atoms with E-state index in [1.807, 2.05) is 26.0 Å². The minimum Gasteiger partial charge on any atom is -0.393 e. The van der Waals surface area contributed by atoms with Gasteiger partial charge in [-0.05, 0) is 87.2 Å². The summed E-state index contributed by atoms with van der Waals surface area (Å²) in [5, 5.41) is 30.3. The molecule has 168 valence electrons. The number of fused-ring (bicyclic) bond motifs is 1. The zero-order valence-electron chi connectivity index (χ0n) is 22.0. The number of allylic oxidation sites excluding steroid dienone is 5. The Kier molecular flexibility index (Phi) is 5.95. The normalized spacial score (nSPS) is 38.1. The lowest BCUT2D eigenvalue weighted by Gasteiger charge is -2.42. The molecule has 3 N–H and O–H groups in total. The maximum atomic E-state index is 10.2. The van der Waals surface area contributed by atoms with Crippen molar-refractivity contribution in [1.29, 1.82) is 0 Å². The van der Waals surface area contributed by atoms with E-state index in [4.69, 9.17) is 4.11 Å². The van der Waals surface area contributed by atoms with Crippen molar-refractivity contribution in [2.75, 3.05) is 0 Å². The fourth-order valence-corrected chi connectivity index (χ4v) is 5.66. The van der Waals surface area contributed by atoms with Crippen LogP contribution < -0.4 is 0 Å². The highest BCUT2D eigenvalue weighted by Crippen LogP contribution is 2.57. The van der Waals surface area contributed by atoms with Gasteiger partial charge < -0.3 is 15.3 Å². The average molecular weight is 418 g/mol. The summed E-state index contributed by atoms with van der Waals surface area (Å²) in [7, 11) is 0. The van der Waals surface area contributed by atoms with Gasteiger partial charge in [-0.25, -0.2) is 0 Å². The molecule has 0 aromatic heterocycles. The third-order valence-corrected chi connectivity index (χ3v) is 7.39. The van der Waals surface area contributed by atoms with Gasteiger partial charge in [-0.3, -0.25) is 0 Å². The zero-order chi connectivity index (χ0) is 24.6. The molecule has 0 spiro atoms. The predicted octanol–water partition coefficient (Wildman–Crippen LogP) is 5.62. The highest BCUT2D eigenvalue weighted by Gasteiger charge is 2.45. The van der Waals surface area contributed by atoms with Crippen LogP contribution in [0, 0.1) is 17.3 Å². The van der Waals surface area contributed by atoms with Gasteiger partial charge in [0.05, 0.1) is 17.8 Å². The van der Waals surface area contributed by atoms with Crippen molar-refractivity contribution in [3.63, 3.8) is 0 Å². The summed E-state index contributed by atoms with van der Waals surface area (Å²) in [4.78, 5) is 0. The molecule has 0 radical (unpaired) electrons. The Morgan fingerprint density at radius 1 is 1.37 bits per heavy atom. The summed E-state index contributed by atoms with van der Waals surface area (Å²) in [5.74, 6) is 0.118. The molecule has 0 amide bonds. The van der Waals surface area contributed by atoms with Crippen LogP contribution in [0.4, 0.5) is 0 Å². The third-order valence-electron chi connectivity index (χ3n) is 7.39. The van der Waals surface area contributed by atoms with E-state index >= 15 is 0 Å². The summed E-state index contributed by atoms with van der Waals surface area (Å²) in [6.45, 7) is 7.69. The van der Waals surface area contributed by atoms with Gasteiger partial charge in [0.1, 0.15) is 0 Å². The van der Waals surface area contributed by atoms with Crippen LogP contribution in [0.3, 0.4) is 0 Å². The molecule has 3 aliphatic rings. The van der Waals surface area contributed by atoms with Gasteiger partial charge in [0.15, 0.2) is 0 Å². The van der Waals surface area contributed by atoms with Crippen molar-refractivity contribution in [3.05, 3.63) is 47.1 Å². The maximum Gasteiger partial charge on any atom is 0.0811 e. The van der Waals surface area contributed by atoms with E-state index in [1.165, 1.54) is 0 Å². The third kappa shape index (κ3) is 5.18. The molecule has 0 unspecified atom stereocenters. The van der Waals surface area contributed by atoms with E-state index in [-0.39, 0.29) is 11.8 Å². The van der Waals surface area contributed by atoms with Crippen LogP contribution in [0.2, 0.25) is 0 Å². The van der Waals surface area contributed by atoms with Crippen LogP contribution in [0.15, 0.2) is 47.1 Å². The summed E-state index contributed by atoms with van der Waals surface area (Å²) >= 11 is 0. The van der Waals surface area contributed by atoms with E-state index in [9.17, 15) is 15.3 Å². The summed E-state index contributed by atoms with van der Waals surface area (Å²) in [5.41, 5.74) is 2.21. The van der Waals surface area contributed by atoms with Crippen molar-refractivity contribution in [2.24, 2.45) is 17.3 Å². The highest BCUT2D eigenvalue weighted by molar-refractivity contribution is 5.40. The molecular weight excluding hydrogens is 372 g/mol. The van der Waals surface area contributed by atoms with Crippen LogP contribution in [0.1, 0.15) is 89.5 Å². The van der Waals surface area contributed by atoms with Crippen molar-refractivity contribution in [2.45, 2.75) is 103 Å². The number of aliphatic hydroxyl groups excluding tert-OH is 2. The second-order valence-electron chi connectivity index (χ2n) is 10.4. The molecule has 30 heavy (non-hydrogen) atoms. The lowest BCUT2D eigenvalue weighted by Crippen LogP contribution is -2.32. The SMILES string of the molecule is [2H]C([2H])([2H])[C@]12CCC/C(=C\C=C3\C[C@H](O)C[C@H](O)C3=C)[C@@H]1CC=C2[C@H](C)CCCC(C)(C)O. The van der Waals surface area contributed by atoms with Gasteiger partial charge in [-0.1, -0.05) is 56.1 Å². The Hall–Kier alpha value is -1.16. The summed E-state index contributed by atoms with van der Waals surface area (Å²) in [6, 6.07) is 0. The van der Waals surface area contributed by atoms with Gasteiger partial charge in [0, 0.05) is 10.5 Å². The van der Waals surface area contributed by atoms with Crippen LogP contribution in [0.5, 0.6) is 0 Å². The maximum absolute atomic E-state index is 10.2. The first kappa shape index (κ1) is 19.5. The second-order valence-corrected chi connectivity index (χ2v) is 10.4. The molecule has 0 aromatic rings. The lowest BCUT2D eigenvalue weighted by molar-refractivity contribution is 0.0670. The zero-order valence-corrected chi connectivity index (χ0v) is 19.0. The molecule has 3 heteroatoms. The number of hydrogen-bond acceptors (Lipinski definition) is 3. The molecule has 0 heterocycles. The monoisotopic (exact) mass is 417 g/mol. The van der Waals surface area contributed by atoms with Crippen LogP contribution >= 0.6 is 0 Å². The molecule has 0 bridgehead atoms. The first-order valence-corrected chi connectivity index (χ1v) is 11.6. The first-order chi connectivity index (χ1) is 15.3. The topological polar surface area (TPSA) is 60.7 Å². The molecule has 5 atom stereocenters. The quantitative estimate of drug-likeness (QED) is 0.491. The molecule has 0 aliphatic heterocycles. The Morgan fingerprint density at radius 3 is 2.83 bits per heavy atom. The van der Waals surface area contributed by atoms with Crippen molar-refractivity contribution in [3.8, 4) is 0 Å². The van der Waals surface area contributed by atoms with Gasteiger partial charge in [0.25, 0.3) is 0 Å². The van der Waals surface area contributed by atoms with Crippen LogP contribution in [-0.2, 0) is 0 Å². The Balaban J connectivity index is 1.86. The molecule has 3 nitrogen and oxygen atoms in total. The first-order valence-electron chi connectivity index (χ1n) is 13.1. The fourth-order valence-electron chi connectivity index (χ4n) is 5.66. The number of hydrogen-bond donors (Lipinski definition) is 3. The summed E-state index contributed by atoms with van der Waals surface area (Å²) in [6.07, 6.45) is 11.2. The van der Waals surface area contributed by atoms with E-state index in [0.717, 1.165) is 48.8 Å². The van der Waals surface area contributed by atoms with Crippen molar-refractivity contribution in [1.82, 2.24) is 0 Å². The Bertz CT molecular complexity index is 831. The Labute approximate surface area is 187 Å². The molecular formula is C27H42O3. The van der Waals surface area contributed by atoms with E-state index in [1.54, 1.807) is 0 Å². The van der Waals surface area contributed by atoms with Gasteiger partial charge in [-0.2, -0.15) is 0 Å². The van der Waals surface area contributed by atoms with Gasteiger partial charge >= 0.3 is 0 Å². The standard InChI is InChI=1S/C27H42O3/c1-18(8-6-14-26(3,4)30)23-12-13-24-20(9-7-15-27(23,24)5)10-11-21-16-22(28)17-25(29)19(21)2/h10-12,18,22,24-25,28-30H,2,6-9,13-17H2,1,3-5H3/b20-10+,21-11-/t18-,22+,24+,25+,27-/m1/s1/i5D3. The smallest absolute Gasteiger partial charge is 0.0811 e. The largest absolute Gasteiger partial charge is 0.393 e. The Morgan fingerprint density at radius 2 is 2.13 bits per heavy atom. The molecule has 0 saturated heterocycles. The van der Waals surface area contributed by atoms with Crippen LogP contribution in [-0.4, -0.2) is 33.1 Å². The molecule has 3 rings (SSSR count). The highest BCUT2D eigenvalue weighted by atomic mass is 16.3. The van der Waals surface area contributed by atoms with Gasteiger partial charge in [0.2, 0.25) is 0 Å². The van der Waals surface area contributed by atoms with Crippen molar-refractivity contribution >= 4 is 0 Å². The van der Waals surface area contributed by atoms with Crippen LogP contribution in [0.25, 0.3) is 0 Å². The lowest BCUT2D eigenvalue weighted by atomic mass is 9.62. The molecule has 2 fully saturated rings. The van der Waals surface area contributed by atoms with Crippen molar-refractivity contribution < 1.29 is 19.4 Å². The molecule has 3 aliphatic carbocycles. The van der Waals surface area contributed by atoms with E-state index < -0.39 is 30.1 Å². The number of aliphatic hydroxyl groups is 3. The minimum absolute atomic E-state index is 0.0472. The number of rotatable bonds is 6. The van der Waals surface area contributed by atoms with Gasteiger partial charge in [-0.15, -0.1) is 0 Å². The fraction of sp³-hybridized carbons (Fsp3) is 0.704. The minimum atomic E-state index is -2.09. The summed E-state index contributed by atoms with van der Waals surface area (Å²) < 4.78 is 25.7. The average Bonchev–Trinajstić information content (AvgIpc) is 3.10. The van der Waals surface area contributed by atoms with E-state index in [0.29, 0.717) is 31.3 Å². The van der Waals surface area contributed by atoms with E-state index in [2.05, 4.69) is 19.6 Å².